The van der Waals surface area contributed by atoms with Crippen LogP contribution in [0.25, 0.3) is 11.1 Å². The normalized spacial score (nSPS) is 16.6. The lowest BCUT2D eigenvalue weighted by molar-refractivity contribution is -0.163. The fraction of sp³-hybridized carbons (Fsp3) is 0.469. The van der Waals surface area contributed by atoms with Crippen molar-refractivity contribution in [3.05, 3.63) is 66.7 Å². The summed E-state index contributed by atoms with van der Waals surface area (Å²) in [6.45, 7) is 8.63. The molecular formula is C32H40O9. The third kappa shape index (κ3) is 10.0. The molecule has 41 heavy (non-hydrogen) atoms. The van der Waals surface area contributed by atoms with E-state index in [0.717, 1.165) is 42.6 Å². The second-order valence-electron chi connectivity index (χ2n) is 9.56. The van der Waals surface area contributed by atoms with Gasteiger partial charge in [0.05, 0.1) is 26.4 Å². The van der Waals surface area contributed by atoms with Crippen molar-refractivity contribution < 1.29 is 42.8 Å². The number of rotatable bonds is 17. The predicted octanol–water partition coefficient (Wildman–Crippen LogP) is 5.71. The van der Waals surface area contributed by atoms with Crippen LogP contribution >= 0.6 is 0 Å². The molecule has 0 saturated carbocycles. The zero-order valence-corrected chi connectivity index (χ0v) is 23.9. The lowest BCUT2D eigenvalue weighted by Crippen LogP contribution is -2.39. The third-order valence-electron chi connectivity index (χ3n) is 6.27. The highest BCUT2D eigenvalue weighted by Gasteiger charge is 2.47. The summed E-state index contributed by atoms with van der Waals surface area (Å²) < 4.78 is 32.9. The van der Waals surface area contributed by atoms with E-state index in [9.17, 15) is 14.4 Å². The number of carbonyl (C=O) groups excluding carboxylic acids is 3. The van der Waals surface area contributed by atoms with E-state index < -0.39 is 30.4 Å². The van der Waals surface area contributed by atoms with Gasteiger partial charge in [0.15, 0.2) is 18.5 Å². The molecule has 9 nitrogen and oxygen atoms in total. The smallest absolute Gasteiger partial charge is 0.338 e. The Balaban J connectivity index is 1.50. The minimum absolute atomic E-state index is 0.231. The highest BCUT2D eigenvalue weighted by atomic mass is 16.8. The van der Waals surface area contributed by atoms with Crippen molar-refractivity contribution in [3.63, 3.8) is 0 Å². The van der Waals surface area contributed by atoms with Crippen LogP contribution in [0.2, 0.25) is 0 Å². The lowest BCUT2D eigenvalue weighted by Gasteiger charge is -2.14. The number of esters is 3. The molecule has 1 saturated heterocycles. The van der Waals surface area contributed by atoms with Gasteiger partial charge in [-0.25, -0.2) is 14.4 Å². The molecule has 9 heteroatoms. The van der Waals surface area contributed by atoms with Gasteiger partial charge >= 0.3 is 17.9 Å². The van der Waals surface area contributed by atoms with Gasteiger partial charge in [-0.05, 0) is 61.8 Å². The van der Waals surface area contributed by atoms with Crippen LogP contribution in [0.4, 0.5) is 0 Å². The first-order valence-corrected chi connectivity index (χ1v) is 14.2. The maximum atomic E-state index is 12.5. The molecule has 1 heterocycles. The predicted molar refractivity (Wildman–Crippen MR) is 152 cm³/mol. The van der Waals surface area contributed by atoms with Crippen molar-refractivity contribution in [2.75, 3.05) is 26.4 Å². The van der Waals surface area contributed by atoms with E-state index in [1.165, 1.54) is 6.08 Å². The largest absolute Gasteiger partial charge is 0.494 e. The Morgan fingerprint density at radius 1 is 0.707 bits per heavy atom. The maximum Gasteiger partial charge on any atom is 0.338 e. The van der Waals surface area contributed by atoms with Crippen LogP contribution in [-0.4, -0.2) is 56.5 Å². The molecule has 2 aromatic carbocycles. The van der Waals surface area contributed by atoms with E-state index in [2.05, 4.69) is 6.58 Å². The standard InChI is InChI=1S/C32H40O9/c1-4-19-38-30(34)28-29(31(35)39-20-5-2)41-32(40-28)25-13-11-23(12-14-25)24-15-17-26(18-16-24)36-21-9-7-8-10-22-37-27(33)6-3/h6,11-18,28-29,32H,3-5,7-10,19-22H2,1-2H3/t28-,29-/m1/s1. The van der Waals surface area contributed by atoms with Gasteiger partial charge in [-0.15, -0.1) is 0 Å². The Kier molecular flexibility index (Phi) is 13.4. The Hall–Kier alpha value is -3.69. The van der Waals surface area contributed by atoms with E-state index in [4.69, 9.17) is 28.4 Å². The SMILES string of the molecule is C=CC(=O)OCCCCCCOc1ccc(-c2ccc(C3O[C@@H](C(=O)OCCC)[C@H](C(=O)OCCC)O3)cc2)cc1. The van der Waals surface area contributed by atoms with E-state index in [1.54, 1.807) is 0 Å². The Labute approximate surface area is 241 Å². The van der Waals surface area contributed by atoms with Crippen molar-refractivity contribution in [2.45, 2.75) is 70.9 Å². The molecule has 2 aromatic rings. The number of ether oxygens (including phenoxy) is 6. The topological polar surface area (TPSA) is 107 Å². The highest BCUT2D eigenvalue weighted by Crippen LogP contribution is 2.34. The monoisotopic (exact) mass is 568 g/mol. The number of hydrogen-bond acceptors (Lipinski definition) is 9. The number of carbonyl (C=O) groups is 3. The molecule has 0 aromatic heterocycles. The van der Waals surface area contributed by atoms with Gasteiger partial charge in [0.2, 0.25) is 0 Å². The van der Waals surface area contributed by atoms with Gasteiger partial charge in [0.1, 0.15) is 5.75 Å². The lowest BCUT2D eigenvalue weighted by atomic mass is 10.0. The molecule has 2 atom stereocenters. The summed E-state index contributed by atoms with van der Waals surface area (Å²) in [7, 11) is 0. The summed E-state index contributed by atoms with van der Waals surface area (Å²) >= 11 is 0. The minimum Gasteiger partial charge on any atom is -0.494 e. The maximum absolute atomic E-state index is 12.5. The van der Waals surface area contributed by atoms with E-state index in [0.29, 0.717) is 31.6 Å². The first-order chi connectivity index (χ1) is 20.0. The molecule has 1 fully saturated rings. The summed E-state index contributed by atoms with van der Waals surface area (Å²) in [5.41, 5.74) is 2.66. The van der Waals surface area contributed by atoms with Gasteiger partial charge in [-0.2, -0.15) is 0 Å². The van der Waals surface area contributed by atoms with Gasteiger partial charge in [-0.3, -0.25) is 0 Å². The van der Waals surface area contributed by atoms with Crippen LogP contribution in [0.15, 0.2) is 61.2 Å². The zero-order chi connectivity index (χ0) is 29.5. The summed E-state index contributed by atoms with van der Waals surface area (Å²) in [5.74, 6) is -0.875. The van der Waals surface area contributed by atoms with E-state index >= 15 is 0 Å². The van der Waals surface area contributed by atoms with E-state index in [1.807, 2.05) is 62.4 Å². The van der Waals surface area contributed by atoms with Gasteiger partial charge in [0, 0.05) is 11.6 Å². The molecule has 1 aliphatic rings. The van der Waals surface area contributed by atoms with Crippen LogP contribution in [0.1, 0.15) is 64.2 Å². The number of unbranched alkanes of at least 4 members (excludes halogenated alkanes) is 3. The Bertz CT molecular complexity index is 1080. The van der Waals surface area contributed by atoms with Crippen molar-refractivity contribution in [2.24, 2.45) is 0 Å². The van der Waals surface area contributed by atoms with Crippen LogP contribution in [0.3, 0.4) is 0 Å². The fourth-order valence-electron chi connectivity index (χ4n) is 4.08. The van der Waals surface area contributed by atoms with Crippen molar-refractivity contribution in [3.8, 4) is 16.9 Å². The average molecular weight is 569 g/mol. The molecule has 0 bridgehead atoms. The Morgan fingerprint density at radius 3 is 1.73 bits per heavy atom. The molecule has 0 amide bonds. The molecule has 0 N–H and O–H groups in total. The van der Waals surface area contributed by atoms with E-state index in [-0.39, 0.29) is 19.2 Å². The van der Waals surface area contributed by atoms with Gasteiger partial charge in [0.25, 0.3) is 0 Å². The molecule has 0 radical (unpaired) electrons. The van der Waals surface area contributed by atoms with Crippen LogP contribution in [-0.2, 0) is 38.1 Å². The molecule has 3 rings (SSSR count). The van der Waals surface area contributed by atoms with Crippen molar-refractivity contribution in [1.29, 1.82) is 0 Å². The first-order valence-electron chi connectivity index (χ1n) is 14.2. The minimum atomic E-state index is -1.19. The second kappa shape index (κ2) is 17.2. The molecule has 0 aliphatic carbocycles. The average Bonchev–Trinajstić information content (AvgIpc) is 3.46. The molecule has 1 aliphatic heterocycles. The second-order valence-corrected chi connectivity index (χ2v) is 9.56. The Morgan fingerprint density at radius 2 is 1.22 bits per heavy atom. The van der Waals surface area contributed by atoms with Crippen LogP contribution < -0.4 is 4.74 Å². The third-order valence-corrected chi connectivity index (χ3v) is 6.27. The van der Waals surface area contributed by atoms with Gasteiger partial charge in [-0.1, -0.05) is 56.8 Å². The van der Waals surface area contributed by atoms with Crippen molar-refractivity contribution >= 4 is 17.9 Å². The quantitative estimate of drug-likeness (QED) is 0.103. The van der Waals surface area contributed by atoms with Crippen LogP contribution in [0, 0.1) is 0 Å². The summed E-state index contributed by atoms with van der Waals surface area (Å²) in [6.07, 6.45) is 2.89. The van der Waals surface area contributed by atoms with Crippen molar-refractivity contribution in [1.82, 2.24) is 0 Å². The number of benzene rings is 2. The molecule has 222 valence electrons. The zero-order valence-electron chi connectivity index (χ0n) is 23.9. The fourth-order valence-corrected chi connectivity index (χ4v) is 4.08. The number of hydrogen-bond donors (Lipinski definition) is 0. The summed E-state index contributed by atoms with van der Waals surface area (Å²) in [6, 6.07) is 15.4. The molecular weight excluding hydrogens is 528 g/mol. The van der Waals surface area contributed by atoms with Gasteiger partial charge < -0.3 is 28.4 Å². The highest BCUT2D eigenvalue weighted by molar-refractivity contribution is 5.86. The summed E-state index contributed by atoms with van der Waals surface area (Å²) in [4.78, 5) is 36.1. The first kappa shape index (κ1) is 31.8. The molecule has 0 spiro atoms. The van der Waals surface area contributed by atoms with Crippen LogP contribution in [0.5, 0.6) is 5.75 Å². The molecule has 0 unspecified atom stereocenters. The summed E-state index contributed by atoms with van der Waals surface area (Å²) in [5, 5.41) is 0.